The number of sulfonamides is 1. The number of carbonyl (C=O) groups is 2. The number of carboxylic acid groups (broad SMARTS) is 1. The van der Waals surface area contributed by atoms with Crippen molar-refractivity contribution in [3.05, 3.63) is 30.1 Å². The summed E-state index contributed by atoms with van der Waals surface area (Å²) < 4.78 is 40.4. The average Bonchev–Trinajstić information content (AvgIpc) is 2.53. The summed E-state index contributed by atoms with van der Waals surface area (Å²) in [7, 11) is -3.85. The molecule has 1 aromatic rings. The van der Waals surface area contributed by atoms with Crippen molar-refractivity contribution in [2.24, 2.45) is 0 Å². The van der Waals surface area contributed by atoms with E-state index in [0.717, 1.165) is 12.1 Å². The lowest BCUT2D eigenvalue weighted by atomic mass is 10.1. The fraction of sp³-hybridized carbons (Fsp3) is 0.467. The van der Waals surface area contributed by atoms with E-state index in [9.17, 15) is 22.4 Å². The topological polar surface area (TPSA) is 116 Å². The Kier molecular flexibility index (Phi) is 6.45. The van der Waals surface area contributed by atoms with Gasteiger partial charge in [0.15, 0.2) is 0 Å². The molecule has 1 atom stereocenters. The van der Waals surface area contributed by atoms with Crippen molar-refractivity contribution >= 4 is 21.9 Å². The molecule has 1 heterocycles. The highest BCUT2D eigenvalue weighted by atomic mass is 32.2. The number of carbonyl (C=O) groups excluding carboxylic acids is 1. The van der Waals surface area contributed by atoms with Crippen molar-refractivity contribution in [2.75, 3.05) is 26.2 Å². The highest BCUT2D eigenvalue weighted by molar-refractivity contribution is 7.89. The van der Waals surface area contributed by atoms with Crippen LogP contribution in [0.25, 0.3) is 0 Å². The Morgan fingerprint density at radius 1 is 1.36 bits per heavy atom. The highest BCUT2D eigenvalue weighted by Crippen LogP contribution is 2.15. The van der Waals surface area contributed by atoms with Crippen LogP contribution in [0, 0.1) is 5.82 Å². The summed E-state index contributed by atoms with van der Waals surface area (Å²) in [5.74, 6) is -2.20. The molecule has 1 aliphatic heterocycles. The van der Waals surface area contributed by atoms with E-state index in [1.165, 1.54) is 12.1 Å². The number of carboxylic acids is 1. The molecule has 3 N–H and O–H groups in total. The zero-order chi connectivity index (χ0) is 18.4. The van der Waals surface area contributed by atoms with E-state index in [1.807, 2.05) is 0 Å². The molecule has 1 aliphatic rings. The van der Waals surface area contributed by atoms with Gasteiger partial charge in [-0.15, -0.1) is 0 Å². The van der Waals surface area contributed by atoms with Crippen molar-refractivity contribution in [1.82, 2.24) is 14.9 Å². The number of benzene rings is 1. The van der Waals surface area contributed by atoms with Crippen molar-refractivity contribution in [3.8, 4) is 0 Å². The lowest BCUT2D eigenvalue weighted by molar-refractivity contribution is -0.138. The summed E-state index contributed by atoms with van der Waals surface area (Å²) in [5.41, 5.74) is 0. The molecule has 0 saturated carbocycles. The summed E-state index contributed by atoms with van der Waals surface area (Å²) in [4.78, 5) is 23.7. The Labute approximate surface area is 145 Å². The molecule has 1 unspecified atom stereocenters. The van der Waals surface area contributed by atoms with Crippen molar-refractivity contribution in [3.63, 3.8) is 0 Å². The van der Waals surface area contributed by atoms with E-state index in [0.29, 0.717) is 25.9 Å². The first-order valence-corrected chi connectivity index (χ1v) is 9.23. The second-order valence-electron chi connectivity index (χ2n) is 5.82. The fourth-order valence-corrected chi connectivity index (χ4v) is 3.94. The molecule has 1 fully saturated rings. The van der Waals surface area contributed by atoms with Crippen LogP contribution in [0.4, 0.5) is 4.39 Å². The van der Waals surface area contributed by atoms with Crippen LogP contribution in [-0.2, 0) is 19.6 Å². The number of piperidine rings is 1. The third-order valence-electron chi connectivity index (χ3n) is 3.74. The molecule has 10 heteroatoms. The van der Waals surface area contributed by atoms with Crippen molar-refractivity contribution in [2.45, 2.75) is 23.8 Å². The predicted octanol–water partition coefficient (Wildman–Crippen LogP) is -0.231. The summed E-state index contributed by atoms with van der Waals surface area (Å²) in [6.45, 7) is 0.460. The van der Waals surface area contributed by atoms with Crippen molar-refractivity contribution in [1.29, 1.82) is 0 Å². The molecule has 0 aromatic heterocycles. The normalized spacial score (nSPS) is 18.7. The summed E-state index contributed by atoms with van der Waals surface area (Å²) in [6.07, 6.45) is 1.28. The van der Waals surface area contributed by atoms with Gasteiger partial charge in [0.2, 0.25) is 15.9 Å². The smallest absolute Gasteiger partial charge is 0.322 e. The molecule has 1 saturated heterocycles. The number of hydrogen-bond acceptors (Lipinski definition) is 5. The number of likely N-dealkylation sites (tertiary alicyclic amines) is 1. The lowest BCUT2D eigenvalue weighted by Gasteiger charge is -2.32. The number of nitrogens with zero attached hydrogens (tertiary/aromatic N) is 1. The van der Waals surface area contributed by atoms with E-state index >= 15 is 0 Å². The van der Waals surface area contributed by atoms with E-state index < -0.39 is 40.3 Å². The third-order valence-corrected chi connectivity index (χ3v) is 5.26. The first-order valence-electron chi connectivity index (χ1n) is 7.75. The van der Waals surface area contributed by atoms with Gasteiger partial charge in [-0.3, -0.25) is 14.5 Å². The van der Waals surface area contributed by atoms with Gasteiger partial charge >= 0.3 is 5.97 Å². The molecule has 0 spiro atoms. The number of rotatable bonds is 7. The maximum absolute atomic E-state index is 13.2. The Balaban J connectivity index is 1.92. The zero-order valence-corrected chi connectivity index (χ0v) is 14.3. The van der Waals surface area contributed by atoms with Crippen LogP contribution in [0.5, 0.6) is 0 Å². The molecule has 0 aliphatic carbocycles. The molecule has 8 nitrogen and oxygen atoms in total. The van der Waals surface area contributed by atoms with Crippen LogP contribution in [0.1, 0.15) is 12.8 Å². The SMILES string of the molecule is O=C(O)CNC(=O)CN1CCCC(NS(=O)(=O)c2cccc(F)c2)C1. The fourth-order valence-electron chi connectivity index (χ4n) is 2.65. The molecule has 0 radical (unpaired) electrons. The maximum atomic E-state index is 13.2. The third kappa shape index (κ3) is 6.07. The number of halogens is 1. The second kappa shape index (κ2) is 8.37. The molecule has 2 rings (SSSR count). The minimum atomic E-state index is -3.85. The largest absolute Gasteiger partial charge is 0.480 e. The quantitative estimate of drug-likeness (QED) is 0.608. The first-order chi connectivity index (χ1) is 11.8. The van der Waals surface area contributed by atoms with Gasteiger partial charge in [0, 0.05) is 12.6 Å². The molecule has 138 valence electrons. The zero-order valence-electron chi connectivity index (χ0n) is 13.4. The van der Waals surface area contributed by atoms with Gasteiger partial charge in [-0.25, -0.2) is 17.5 Å². The molecule has 1 amide bonds. The summed E-state index contributed by atoms with van der Waals surface area (Å²) >= 11 is 0. The lowest BCUT2D eigenvalue weighted by Crippen LogP contribution is -2.50. The molecule has 1 aromatic carbocycles. The van der Waals surface area contributed by atoms with E-state index in [2.05, 4.69) is 10.0 Å². The van der Waals surface area contributed by atoms with Gasteiger partial charge < -0.3 is 10.4 Å². The Hall–Kier alpha value is -2.04. The van der Waals surface area contributed by atoms with E-state index in [-0.39, 0.29) is 11.4 Å². The Bertz CT molecular complexity index is 740. The van der Waals surface area contributed by atoms with E-state index in [1.54, 1.807) is 4.90 Å². The van der Waals surface area contributed by atoms with Gasteiger partial charge in [0.25, 0.3) is 0 Å². The maximum Gasteiger partial charge on any atom is 0.322 e. The Morgan fingerprint density at radius 3 is 2.80 bits per heavy atom. The molecular formula is C15H20FN3O5S. The molecular weight excluding hydrogens is 353 g/mol. The van der Waals surface area contributed by atoms with Crippen LogP contribution in [-0.4, -0.2) is 62.5 Å². The highest BCUT2D eigenvalue weighted by Gasteiger charge is 2.26. The summed E-state index contributed by atoms with van der Waals surface area (Å²) in [5, 5.41) is 10.8. The van der Waals surface area contributed by atoms with Crippen LogP contribution in [0.3, 0.4) is 0 Å². The monoisotopic (exact) mass is 373 g/mol. The van der Waals surface area contributed by atoms with Crippen LogP contribution in [0.2, 0.25) is 0 Å². The summed E-state index contributed by atoms with van der Waals surface area (Å²) in [6, 6.07) is 4.34. The number of nitrogens with one attached hydrogen (secondary N) is 2. The Morgan fingerprint density at radius 2 is 2.12 bits per heavy atom. The van der Waals surface area contributed by atoms with Crippen molar-refractivity contribution < 1.29 is 27.5 Å². The second-order valence-corrected chi connectivity index (χ2v) is 7.54. The van der Waals surface area contributed by atoms with E-state index in [4.69, 9.17) is 5.11 Å². The minimum Gasteiger partial charge on any atom is -0.480 e. The van der Waals surface area contributed by atoms with Gasteiger partial charge in [-0.05, 0) is 37.6 Å². The van der Waals surface area contributed by atoms with Crippen LogP contribution >= 0.6 is 0 Å². The van der Waals surface area contributed by atoms with Crippen LogP contribution < -0.4 is 10.0 Å². The average molecular weight is 373 g/mol. The van der Waals surface area contributed by atoms with Crippen LogP contribution in [0.15, 0.2) is 29.2 Å². The van der Waals surface area contributed by atoms with Gasteiger partial charge in [0.1, 0.15) is 12.4 Å². The standard InChI is InChI=1S/C15H20FN3O5S/c16-11-3-1-5-13(7-11)25(23,24)18-12-4-2-6-19(9-12)10-14(20)17-8-15(21)22/h1,3,5,7,12,18H,2,4,6,8-10H2,(H,17,20)(H,21,22). The molecule has 0 bridgehead atoms. The van der Waals surface area contributed by atoms with Gasteiger partial charge in [-0.2, -0.15) is 0 Å². The minimum absolute atomic E-state index is 0.00846. The molecule has 25 heavy (non-hydrogen) atoms. The number of aliphatic carboxylic acids is 1. The van der Waals surface area contributed by atoms with Gasteiger partial charge in [0.05, 0.1) is 11.4 Å². The number of hydrogen-bond donors (Lipinski definition) is 3. The van der Waals surface area contributed by atoms with Gasteiger partial charge in [-0.1, -0.05) is 6.07 Å². The first kappa shape index (κ1) is 19.3. The predicted molar refractivity (Wildman–Crippen MR) is 86.8 cm³/mol. The number of amides is 1.